The number of aryl methyl sites for hydroxylation is 1. The number of aromatic nitrogens is 5. The Morgan fingerprint density at radius 2 is 1.74 bits per heavy atom. The molecule has 6 heterocycles. The molecule has 2 unspecified atom stereocenters. The van der Waals surface area contributed by atoms with Crippen molar-refractivity contribution in [3.05, 3.63) is 54.7 Å². The van der Waals surface area contributed by atoms with E-state index in [1.807, 2.05) is 31.8 Å². The molecule has 2 N–H and O–H groups in total. The lowest BCUT2D eigenvalue weighted by molar-refractivity contribution is 0.412. The molecule has 0 aliphatic carbocycles. The van der Waals surface area contributed by atoms with Gasteiger partial charge in [-0.2, -0.15) is 15.5 Å². The number of nitrogens with two attached hydrogens (primary N) is 1. The number of nitriles is 1. The van der Waals surface area contributed by atoms with Gasteiger partial charge in [-0.25, -0.2) is 9.50 Å². The van der Waals surface area contributed by atoms with E-state index in [0.29, 0.717) is 23.7 Å². The fourth-order valence-electron chi connectivity index (χ4n) is 5.44. The molecule has 2 fully saturated rings. The van der Waals surface area contributed by atoms with E-state index in [-0.39, 0.29) is 24.8 Å². The maximum absolute atomic E-state index is 9.64. The van der Waals surface area contributed by atoms with E-state index in [1.165, 1.54) is 12.8 Å². The van der Waals surface area contributed by atoms with Gasteiger partial charge < -0.3 is 10.6 Å². The average molecular weight is 497 g/mol. The summed E-state index contributed by atoms with van der Waals surface area (Å²) in [5.74, 6) is 1.02. The molecule has 176 valence electrons. The highest BCUT2D eigenvalue weighted by Gasteiger charge is 2.40. The topological polar surface area (TPSA) is 101 Å². The number of fused-ring (bicyclic) bond motifs is 3. The minimum Gasteiger partial charge on any atom is -0.351 e. The van der Waals surface area contributed by atoms with Crippen LogP contribution in [0.3, 0.4) is 0 Å². The van der Waals surface area contributed by atoms with Gasteiger partial charge in [0.25, 0.3) is 0 Å². The fourth-order valence-corrected chi connectivity index (χ4v) is 5.44. The number of anilines is 1. The molecule has 4 aromatic rings. The lowest BCUT2D eigenvalue weighted by Crippen LogP contribution is -2.47. The van der Waals surface area contributed by atoms with Gasteiger partial charge in [0.15, 0.2) is 0 Å². The molecule has 2 aliphatic rings. The van der Waals surface area contributed by atoms with Crippen molar-refractivity contribution < 1.29 is 0 Å². The second-order valence-electron chi connectivity index (χ2n) is 8.94. The van der Waals surface area contributed by atoms with Crippen LogP contribution in [-0.2, 0) is 7.05 Å². The summed E-state index contributed by atoms with van der Waals surface area (Å²) in [5, 5.41) is 18.4. The number of piperidine rings is 1. The standard InChI is InChI=1S/C24H24N8.2ClH/c1-30-13-18(12-28-30)16-6-22(24-17(9-25)11-29-31(24)14-16)15-2-5-23(27-10-15)32-20-3-4-21(32)8-19(26)7-20;;/h2,5-6,10-14,19-21H,3-4,7-8,26H2,1H3;2*1H. The summed E-state index contributed by atoms with van der Waals surface area (Å²) in [5.41, 5.74) is 11.5. The quantitative estimate of drug-likeness (QED) is 0.460. The Labute approximate surface area is 210 Å². The molecule has 0 saturated carbocycles. The van der Waals surface area contributed by atoms with Crippen LogP contribution in [0, 0.1) is 11.3 Å². The summed E-state index contributed by atoms with van der Waals surface area (Å²) in [7, 11) is 1.90. The predicted octanol–water partition coefficient (Wildman–Crippen LogP) is 3.97. The summed E-state index contributed by atoms with van der Waals surface area (Å²) in [6.45, 7) is 0. The summed E-state index contributed by atoms with van der Waals surface area (Å²) < 4.78 is 3.55. The van der Waals surface area contributed by atoms with Crippen molar-refractivity contribution in [3.8, 4) is 28.3 Å². The Morgan fingerprint density at radius 3 is 2.35 bits per heavy atom. The number of halogens is 2. The van der Waals surface area contributed by atoms with Gasteiger partial charge in [-0.1, -0.05) is 0 Å². The van der Waals surface area contributed by atoms with Crippen LogP contribution in [0.15, 0.2) is 49.2 Å². The van der Waals surface area contributed by atoms with Crippen molar-refractivity contribution in [2.75, 3.05) is 4.90 Å². The van der Waals surface area contributed by atoms with Crippen LogP contribution in [0.2, 0.25) is 0 Å². The zero-order valence-electron chi connectivity index (χ0n) is 18.7. The first kappa shape index (κ1) is 24.0. The third-order valence-corrected chi connectivity index (χ3v) is 6.86. The molecule has 10 heteroatoms. The number of nitrogens with zero attached hydrogens (tertiary/aromatic N) is 7. The van der Waals surface area contributed by atoms with Crippen LogP contribution < -0.4 is 10.6 Å². The van der Waals surface area contributed by atoms with Crippen LogP contribution in [0.4, 0.5) is 5.82 Å². The van der Waals surface area contributed by atoms with E-state index in [1.54, 1.807) is 15.4 Å². The van der Waals surface area contributed by atoms with E-state index in [4.69, 9.17) is 10.7 Å². The number of pyridine rings is 2. The first-order valence-electron chi connectivity index (χ1n) is 11.0. The average Bonchev–Trinajstić information content (AvgIpc) is 3.49. The molecule has 2 saturated heterocycles. The molecule has 8 nitrogen and oxygen atoms in total. The van der Waals surface area contributed by atoms with E-state index < -0.39 is 0 Å². The Morgan fingerprint density at radius 1 is 0.971 bits per heavy atom. The van der Waals surface area contributed by atoms with Crippen LogP contribution in [0.5, 0.6) is 0 Å². The lowest BCUT2D eigenvalue weighted by atomic mass is 9.98. The van der Waals surface area contributed by atoms with Gasteiger partial charge >= 0.3 is 0 Å². The van der Waals surface area contributed by atoms with E-state index in [2.05, 4.69) is 39.4 Å². The van der Waals surface area contributed by atoms with Gasteiger partial charge in [0.1, 0.15) is 11.9 Å². The van der Waals surface area contributed by atoms with Crippen molar-refractivity contribution in [1.82, 2.24) is 24.4 Å². The van der Waals surface area contributed by atoms with Crippen molar-refractivity contribution in [1.29, 1.82) is 5.26 Å². The molecule has 0 aromatic carbocycles. The van der Waals surface area contributed by atoms with Crippen LogP contribution in [0.1, 0.15) is 31.2 Å². The molecule has 34 heavy (non-hydrogen) atoms. The second-order valence-corrected chi connectivity index (χ2v) is 8.94. The van der Waals surface area contributed by atoms with Crippen LogP contribution in [0.25, 0.3) is 27.8 Å². The Hall–Kier alpha value is -3.12. The van der Waals surface area contributed by atoms with E-state index in [0.717, 1.165) is 46.4 Å². The molecule has 4 aromatic heterocycles. The molecule has 0 radical (unpaired) electrons. The molecule has 2 bridgehead atoms. The molecular weight excluding hydrogens is 471 g/mol. The van der Waals surface area contributed by atoms with Gasteiger partial charge in [-0.15, -0.1) is 24.8 Å². The summed E-state index contributed by atoms with van der Waals surface area (Å²) >= 11 is 0. The SMILES string of the molecule is Cl.Cl.Cn1cc(-c2cc(-c3ccc(N4C5CCC4CC(N)C5)nc3)c3c(C#N)cnn3c2)cn1. The lowest BCUT2D eigenvalue weighted by Gasteiger charge is -2.38. The first-order valence-corrected chi connectivity index (χ1v) is 11.0. The highest BCUT2D eigenvalue weighted by atomic mass is 35.5. The summed E-state index contributed by atoms with van der Waals surface area (Å²) in [6, 6.07) is 9.85. The van der Waals surface area contributed by atoms with Gasteiger partial charge in [-0.05, 0) is 43.9 Å². The van der Waals surface area contributed by atoms with E-state index in [9.17, 15) is 5.26 Å². The minimum atomic E-state index is 0. The van der Waals surface area contributed by atoms with Crippen LogP contribution >= 0.6 is 24.8 Å². The highest BCUT2D eigenvalue weighted by Crippen LogP contribution is 2.39. The number of rotatable bonds is 3. The molecule has 0 amide bonds. The monoisotopic (exact) mass is 496 g/mol. The third-order valence-electron chi connectivity index (χ3n) is 6.86. The highest BCUT2D eigenvalue weighted by molar-refractivity contribution is 5.87. The fraction of sp³-hybridized carbons (Fsp3) is 0.333. The molecule has 2 atom stereocenters. The molecule has 0 spiro atoms. The van der Waals surface area contributed by atoms with Gasteiger partial charge in [-0.3, -0.25) is 4.68 Å². The van der Waals surface area contributed by atoms with Gasteiger partial charge in [0, 0.05) is 66.0 Å². The van der Waals surface area contributed by atoms with Crippen molar-refractivity contribution in [3.63, 3.8) is 0 Å². The second kappa shape index (κ2) is 9.26. The van der Waals surface area contributed by atoms with Crippen molar-refractivity contribution in [2.24, 2.45) is 12.8 Å². The Kier molecular flexibility index (Phi) is 6.54. The smallest absolute Gasteiger partial charge is 0.129 e. The van der Waals surface area contributed by atoms with Crippen LogP contribution in [-0.4, -0.2) is 42.5 Å². The van der Waals surface area contributed by atoms with E-state index >= 15 is 0 Å². The van der Waals surface area contributed by atoms with Crippen molar-refractivity contribution in [2.45, 2.75) is 43.8 Å². The Balaban J connectivity index is 0.00000137. The zero-order chi connectivity index (χ0) is 21.8. The third kappa shape index (κ3) is 3.90. The molecule has 6 rings (SSSR count). The summed E-state index contributed by atoms with van der Waals surface area (Å²) in [4.78, 5) is 7.32. The van der Waals surface area contributed by atoms with Crippen molar-refractivity contribution >= 4 is 36.1 Å². The molecular formula is C24H26Cl2N8. The number of hydrogen-bond donors (Lipinski definition) is 1. The normalized spacial score (nSPS) is 21.1. The molecule has 2 aliphatic heterocycles. The minimum absolute atomic E-state index is 0. The predicted molar refractivity (Wildman–Crippen MR) is 136 cm³/mol. The largest absolute Gasteiger partial charge is 0.351 e. The summed E-state index contributed by atoms with van der Waals surface area (Å²) in [6.07, 6.45) is 13.7. The van der Waals surface area contributed by atoms with Gasteiger partial charge in [0.2, 0.25) is 0 Å². The maximum Gasteiger partial charge on any atom is 0.129 e. The van der Waals surface area contributed by atoms with Gasteiger partial charge in [0.05, 0.1) is 23.5 Å². The Bertz CT molecular complexity index is 1340. The number of hydrogen-bond acceptors (Lipinski definition) is 6. The first-order chi connectivity index (χ1) is 15.6. The zero-order valence-corrected chi connectivity index (χ0v) is 20.3. The maximum atomic E-state index is 9.64.